The number of likely N-dealkylation sites (N-methyl/N-ethyl adjacent to an activating group) is 1. The van der Waals surface area contributed by atoms with E-state index in [0.29, 0.717) is 23.2 Å². The van der Waals surface area contributed by atoms with Gasteiger partial charge in [-0.1, -0.05) is 50.3 Å². The summed E-state index contributed by atoms with van der Waals surface area (Å²) in [6.07, 6.45) is -3.87. The van der Waals surface area contributed by atoms with Crippen molar-refractivity contribution in [3.63, 3.8) is 0 Å². The third-order valence-electron chi connectivity index (χ3n) is 6.44. The minimum atomic E-state index is -4.51. The van der Waals surface area contributed by atoms with E-state index in [1.165, 1.54) is 30.2 Å². The first-order chi connectivity index (χ1) is 17.8. The van der Waals surface area contributed by atoms with Crippen molar-refractivity contribution >= 4 is 29.1 Å². The van der Waals surface area contributed by atoms with Crippen molar-refractivity contribution in [2.75, 3.05) is 11.9 Å². The number of rotatable bonds is 9. The smallest absolute Gasteiger partial charge is 0.369 e. The predicted octanol–water partition coefficient (Wildman–Crippen LogP) is 4.30. The van der Waals surface area contributed by atoms with Crippen LogP contribution in [-0.4, -0.2) is 36.6 Å². The Morgan fingerprint density at radius 2 is 1.76 bits per heavy atom. The molecule has 0 saturated heterocycles. The van der Waals surface area contributed by atoms with Crippen molar-refractivity contribution in [3.8, 4) is 0 Å². The van der Waals surface area contributed by atoms with Crippen LogP contribution in [0.15, 0.2) is 66.2 Å². The van der Waals surface area contributed by atoms with Crippen molar-refractivity contribution in [1.82, 2.24) is 5.32 Å². The fourth-order valence-corrected chi connectivity index (χ4v) is 4.53. The minimum Gasteiger partial charge on any atom is -0.369 e. The van der Waals surface area contributed by atoms with E-state index in [-0.39, 0.29) is 18.1 Å². The van der Waals surface area contributed by atoms with Crippen LogP contribution < -0.4 is 16.0 Å². The largest absolute Gasteiger partial charge is 0.416 e. The lowest BCUT2D eigenvalue weighted by molar-refractivity contribution is -0.137. The van der Waals surface area contributed by atoms with Gasteiger partial charge in [0, 0.05) is 18.2 Å². The molecule has 0 bridgehead atoms. The number of nitrogens with zero attached hydrogens (tertiary/aromatic N) is 2. The highest BCUT2D eigenvalue weighted by atomic mass is 19.4. The molecule has 0 aliphatic carbocycles. The SMILES string of the molecule is C=CCC(C(N)=O)C(CC(C)C)C(=O)NC1N=C(c2ccc(C(F)(F)F)cc2)c2ccccc2N(C)C1=O. The van der Waals surface area contributed by atoms with E-state index < -0.39 is 47.5 Å². The van der Waals surface area contributed by atoms with Gasteiger partial charge in [0.1, 0.15) is 0 Å². The molecular formula is C28H31F3N4O3. The number of fused-ring (bicyclic) bond motifs is 1. The van der Waals surface area contributed by atoms with E-state index in [0.717, 1.165) is 12.1 Å². The number of hydrogen-bond donors (Lipinski definition) is 2. The van der Waals surface area contributed by atoms with Crippen LogP contribution in [0.2, 0.25) is 0 Å². The first-order valence-electron chi connectivity index (χ1n) is 12.2. The number of anilines is 1. The monoisotopic (exact) mass is 528 g/mol. The van der Waals surface area contributed by atoms with Gasteiger partial charge >= 0.3 is 6.18 Å². The molecule has 2 aromatic rings. The van der Waals surface area contributed by atoms with Crippen LogP contribution in [0.3, 0.4) is 0 Å². The zero-order valence-electron chi connectivity index (χ0n) is 21.5. The molecule has 10 heteroatoms. The van der Waals surface area contributed by atoms with Crippen LogP contribution in [0.4, 0.5) is 18.9 Å². The van der Waals surface area contributed by atoms with E-state index in [4.69, 9.17) is 5.73 Å². The highest BCUT2D eigenvalue weighted by Gasteiger charge is 2.37. The number of aliphatic imine (C=N–C) groups is 1. The molecule has 3 rings (SSSR count). The number of para-hydroxylation sites is 1. The second-order valence-electron chi connectivity index (χ2n) is 9.65. The van der Waals surface area contributed by atoms with Crippen molar-refractivity contribution in [2.45, 2.75) is 39.0 Å². The van der Waals surface area contributed by atoms with Crippen LogP contribution in [0.1, 0.15) is 43.4 Å². The number of carbonyl (C=O) groups is 3. The van der Waals surface area contributed by atoms with Crippen LogP contribution in [0.5, 0.6) is 0 Å². The lowest BCUT2D eigenvalue weighted by Gasteiger charge is -2.27. The quantitative estimate of drug-likeness (QED) is 0.474. The zero-order valence-corrected chi connectivity index (χ0v) is 21.5. The Morgan fingerprint density at radius 1 is 1.13 bits per heavy atom. The fraction of sp³-hybridized carbons (Fsp3) is 0.357. The number of nitrogens with two attached hydrogens (primary N) is 1. The van der Waals surface area contributed by atoms with Crippen molar-refractivity contribution < 1.29 is 27.6 Å². The summed E-state index contributed by atoms with van der Waals surface area (Å²) in [6.45, 7) is 7.44. The molecule has 7 nitrogen and oxygen atoms in total. The number of primary amides is 1. The summed E-state index contributed by atoms with van der Waals surface area (Å²) in [5.74, 6) is -3.40. The molecule has 1 heterocycles. The van der Waals surface area contributed by atoms with Crippen molar-refractivity contribution in [2.24, 2.45) is 28.5 Å². The number of amides is 3. The Balaban J connectivity index is 2.07. The molecule has 0 fully saturated rings. The number of benzene rings is 2. The van der Waals surface area contributed by atoms with Gasteiger partial charge in [0.25, 0.3) is 5.91 Å². The van der Waals surface area contributed by atoms with Gasteiger partial charge in [-0.05, 0) is 37.0 Å². The van der Waals surface area contributed by atoms with Crippen LogP contribution in [0.25, 0.3) is 0 Å². The Morgan fingerprint density at radius 3 is 2.32 bits per heavy atom. The summed E-state index contributed by atoms with van der Waals surface area (Å²) in [4.78, 5) is 45.0. The van der Waals surface area contributed by atoms with Crippen LogP contribution in [0, 0.1) is 17.8 Å². The topological polar surface area (TPSA) is 105 Å². The van der Waals surface area contributed by atoms with Crippen LogP contribution in [-0.2, 0) is 20.6 Å². The summed E-state index contributed by atoms with van der Waals surface area (Å²) >= 11 is 0. The number of hydrogen-bond acceptors (Lipinski definition) is 4. The summed E-state index contributed by atoms with van der Waals surface area (Å²) < 4.78 is 39.4. The number of carbonyl (C=O) groups excluding carboxylic acids is 3. The second-order valence-corrected chi connectivity index (χ2v) is 9.65. The summed E-state index contributed by atoms with van der Waals surface area (Å²) in [7, 11) is 1.53. The summed E-state index contributed by atoms with van der Waals surface area (Å²) in [5.41, 5.74) is 6.35. The third kappa shape index (κ3) is 6.30. The molecule has 1 aliphatic rings. The first-order valence-corrected chi connectivity index (χ1v) is 12.2. The first kappa shape index (κ1) is 28.6. The Hall–Kier alpha value is -3.95. The maximum absolute atomic E-state index is 13.5. The van der Waals surface area contributed by atoms with Gasteiger partial charge in [0.05, 0.1) is 28.8 Å². The molecule has 0 radical (unpaired) electrons. The van der Waals surface area contributed by atoms with Gasteiger partial charge in [-0.3, -0.25) is 14.4 Å². The summed E-state index contributed by atoms with van der Waals surface area (Å²) in [6, 6.07) is 11.3. The van der Waals surface area contributed by atoms with E-state index in [1.54, 1.807) is 24.3 Å². The summed E-state index contributed by atoms with van der Waals surface area (Å²) in [5, 5.41) is 2.67. The minimum absolute atomic E-state index is 0.0420. The van der Waals surface area contributed by atoms with E-state index in [9.17, 15) is 27.6 Å². The highest BCUT2D eigenvalue weighted by Crippen LogP contribution is 2.32. The average molecular weight is 529 g/mol. The predicted molar refractivity (Wildman–Crippen MR) is 139 cm³/mol. The second kappa shape index (κ2) is 11.6. The Kier molecular flexibility index (Phi) is 8.75. The molecule has 38 heavy (non-hydrogen) atoms. The number of halogens is 3. The normalized spacial score (nSPS) is 17.2. The molecule has 0 saturated carbocycles. The zero-order chi connectivity index (χ0) is 28.2. The van der Waals surface area contributed by atoms with Gasteiger partial charge in [-0.2, -0.15) is 13.2 Å². The van der Waals surface area contributed by atoms with Gasteiger partial charge in [-0.25, -0.2) is 4.99 Å². The number of alkyl halides is 3. The number of benzodiazepines with no additional fused rings is 1. The van der Waals surface area contributed by atoms with Gasteiger partial charge in [0.2, 0.25) is 18.0 Å². The molecule has 1 aliphatic heterocycles. The molecule has 3 N–H and O–H groups in total. The van der Waals surface area contributed by atoms with E-state index >= 15 is 0 Å². The lowest BCUT2D eigenvalue weighted by atomic mass is 9.82. The molecular weight excluding hydrogens is 497 g/mol. The van der Waals surface area contributed by atoms with E-state index in [1.807, 2.05) is 13.8 Å². The highest BCUT2D eigenvalue weighted by molar-refractivity contribution is 6.20. The maximum Gasteiger partial charge on any atom is 0.416 e. The Labute approximate surface area is 219 Å². The van der Waals surface area contributed by atoms with Crippen molar-refractivity contribution in [1.29, 1.82) is 0 Å². The standard InChI is InChI=1S/C28H31F3N4O3/c1-5-8-19(24(32)36)21(15-16(2)3)26(37)34-25-27(38)35(4)22-10-7-6-9-20(22)23(33-25)17-11-13-18(14-12-17)28(29,30)31/h5-7,9-14,16,19,21,25H,1,8,15H2,2-4H3,(H2,32,36)(H,34,37). The Bertz CT molecular complexity index is 1240. The molecule has 202 valence electrons. The maximum atomic E-state index is 13.5. The number of nitrogens with one attached hydrogen (secondary N) is 1. The lowest BCUT2D eigenvalue weighted by Crippen LogP contribution is -2.50. The van der Waals surface area contributed by atoms with Crippen LogP contribution >= 0.6 is 0 Å². The fourth-order valence-electron chi connectivity index (χ4n) is 4.53. The molecule has 3 unspecified atom stereocenters. The van der Waals surface area contributed by atoms with Gasteiger partial charge < -0.3 is 16.0 Å². The van der Waals surface area contributed by atoms with E-state index in [2.05, 4.69) is 16.9 Å². The molecule has 2 aromatic carbocycles. The van der Waals surface area contributed by atoms with Gasteiger partial charge in [-0.15, -0.1) is 6.58 Å². The molecule has 0 aromatic heterocycles. The average Bonchev–Trinajstić information content (AvgIpc) is 2.96. The molecule has 3 atom stereocenters. The number of allylic oxidation sites excluding steroid dienone is 1. The van der Waals surface area contributed by atoms with Crippen molar-refractivity contribution in [3.05, 3.63) is 77.9 Å². The van der Waals surface area contributed by atoms with Gasteiger partial charge in [0.15, 0.2) is 0 Å². The third-order valence-corrected chi connectivity index (χ3v) is 6.44. The molecule has 0 spiro atoms. The molecule has 3 amide bonds.